The molecule has 116 valence electrons. The summed E-state index contributed by atoms with van der Waals surface area (Å²) in [5.74, 6) is 0.772. The molecule has 0 atom stereocenters. The number of carbonyl (C=O) groups excluding carboxylic acids is 1. The molecule has 0 saturated heterocycles. The first-order valence-corrected chi connectivity index (χ1v) is 7.17. The van der Waals surface area contributed by atoms with E-state index in [0.717, 1.165) is 12.1 Å². The number of aromatic nitrogens is 3. The van der Waals surface area contributed by atoms with Crippen LogP contribution in [0.3, 0.4) is 0 Å². The van der Waals surface area contributed by atoms with E-state index in [1.807, 2.05) is 35.0 Å². The normalized spacial score (nSPS) is 10.3. The molecule has 2 heterocycles. The molecule has 0 unspecified atom stereocenters. The Bertz CT molecular complexity index is 755. The lowest BCUT2D eigenvalue weighted by Gasteiger charge is -2.19. The number of nitrogens with zero attached hydrogens (tertiary/aromatic N) is 4. The van der Waals surface area contributed by atoms with Gasteiger partial charge in [0.1, 0.15) is 0 Å². The van der Waals surface area contributed by atoms with Gasteiger partial charge in [-0.2, -0.15) is 0 Å². The number of carbonyl (C=O) groups is 1. The number of amides is 1. The van der Waals surface area contributed by atoms with Crippen molar-refractivity contribution in [3.8, 4) is 5.75 Å². The Morgan fingerprint density at radius 1 is 1.17 bits per heavy atom. The Balaban J connectivity index is 1.72. The fraction of sp³-hybridized carbons (Fsp3) is 0.118. The second-order valence-corrected chi connectivity index (χ2v) is 4.97. The number of hydrogen-bond donors (Lipinski definition) is 0. The zero-order valence-corrected chi connectivity index (χ0v) is 12.7. The van der Waals surface area contributed by atoms with Crippen molar-refractivity contribution in [2.45, 2.75) is 13.5 Å². The highest BCUT2D eigenvalue weighted by Gasteiger charge is 2.14. The Morgan fingerprint density at radius 2 is 2.00 bits per heavy atom. The number of hydrogen-bond acceptors (Lipinski definition) is 4. The summed E-state index contributed by atoms with van der Waals surface area (Å²) in [6, 6.07) is 12.9. The van der Waals surface area contributed by atoms with E-state index in [4.69, 9.17) is 4.84 Å². The summed E-state index contributed by atoms with van der Waals surface area (Å²) in [6.07, 6.45) is 7.03. The first-order valence-electron chi connectivity index (χ1n) is 7.17. The van der Waals surface area contributed by atoms with Crippen molar-refractivity contribution in [2.75, 3.05) is 5.06 Å². The van der Waals surface area contributed by atoms with Gasteiger partial charge in [-0.25, -0.2) is 9.97 Å². The van der Waals surface area contributed by atoms with Gasteiger partial charge in [-0.15, -0.1) is 5.06 Å². The molecule has 0 spiro atoms. The minimum Gasteiger partial charge on any atom is -0.370 e. The van der Waals surface area contributed by atoms with Gasteiger partial charge in [0.25, 0.3) is 5.91 Å². The van der Waals surface area contributed by atoms with Crippen molar-refractivity contribution in [3.63, 3.8) is 0 Å². The minimum atomic E-state index is -0.244. The summed E-state index contributed by atoms with van der Waals surface area (Å²) in [6.45, 7) is 2.17. The Morgan fingerprint density at radius 3 is 2.61 bits per heavy atom. The molecule has 0 bridgehead atoms. The molecule has 2 aromatic heterocycles. The molecule has 0 radical (unpaired) electrons. The predicted molar refractivity (Wildman–Crippen MR) is 85.8 cm³/mol. The van der Waals surface area contributed by atoms with Crippen LogP contribution in [0.25, 0.3) is 0 Å². The molecule has 0 aliphatic carbocycles. The molecule has 6 heteroatoms. The van der Waals surface area contributed by atoms with Crippen LogP contribution in [0, 0.1) is 0 Å². The van der Waals surface area contributed by atoms with Crippen LogP contribution in [0.2, 0.25) is 0 Å². The predicted octanol–water partition coefficient (Wildman–Crippen LogP) is 2.67. The lowest BCUT2D eigenvalue weighted by molar-refractivity contribution is -0.120. The fourth-order valence-corrected chi connectivity index (χ4v) is 2.10. The Labute approximate surface area is 133 Å². The lowest BCUT2D eigenvalue weighted by atomic mass is 10.2. The zero-order chi connectivity index (χ0) is 16.1. The first kappa shape index (κ1) is 14.8. The average Bonchev–Trinajstić information content (AvgIpc) is 3.07. The van der Waals surface area contributed by atoms with E-state index in [1.54, 1.807) is 36.9 Å². The third-order valence-corrected chi connectivity index (χ3v) is 3.19. The van der Waals surface area contributed by atoms with Crippen LogP contribution in [-0.2, 0) is 11.3 Å². The smallest absolute Gasteiger partial charge is 0.258 e. The molecule has 1 aromatic carbocycles. The molecule has 3 aromatic rings. The third-order valence-electron chi connectivity index (χ3n) is 3.19. The number of pyridine rings is 1. The summed E-state index contributed by atoms with van der Waals surface area (Å²) in [7, 11) is 0. The van der Waals surface area contributed by atoms with Gasteiger partial charge < -0.3 is 9.40 Å². The minimum absolute atomic E-state index is 0.244. The maximum atomic E-state index is 11.8. The van der Waals surface area contributed by atoms with Crippen molar-refractivity contribution in [3.05, 3.63) is 72.9 Å². The van der Waals surface area contributed by atoms with Gasteiger partial charge in [0.05, 0.1) is 6.33 Å². The monoisotopic (exact) mass is 308 g/mol. The molecule has 23 heavy (non-hydrogen) atoms. The Kier molecular flexibility index (Phi) is 4.33. The van der Waals surface area contributed by atoms with Crippen molar-refractivity contribution < 1.29 is 9.63 Å². The molecule has 1 amide bonds. The lowest BCUT2D eigenvalue weighted by Crippen LogP contribution is -2.32. The molecular formula is C17H16N4O2. The standard InChI is InChI=1S/C17H16N4O2/c1-14(22)21(17-4-2-3-9-19-17)23-16-7-5-15(6-8-16)12-20-11-10-18-13-20/h2-11,13H,12H2,1H3. The van der Waals surface area contributed by atoms with Gasteiger partial charge in [0, 0.05) is 32.1 Å². The molecule has 0 N–H and O–H groups in total. The van der Waals surface area contributed by atoms with Gasteiger partial charge in [0.15, 0.2) is 11.6 Å². The van der Waals surface area contributed by atoms with Crippen molar-refractivity contribution in [1.82, 2.24) is 14.5 Å². The number of benzene rings is 1. The average molecular weight is 308 g/mol. The van der Waals surface area contributed by atoms with Crippen LogP contribution in [0.1, 0.15) is 12.5 Å². The van der Waals surface area contributed by atoms with Crippen LogP contribution in [0.15, 0.2) is 67.4 Å². The highest BCUT2D eigenvalue weighted by atomic mass is 16.7. The van der Waals surface area contributed by atoms with E-state index in [-0.39, 0.29) is 5.91 Å². The van der Waals surface area contributed by atoms with Gasteiger partial charge in [-0.1, -0.05) is 18.2 Å². The van der Waals surface area contributed by atoms with Crippen LogP contribution in [0.4, 0.5) is 5.82 Å². The summed E-state index contributed by atoms with van der Waals surface area (Å²) in [4.78, 5) is 25.6. The zero-order valence-electron chi connectivity index (χ0n) is 12.7. The quantitative estimate of drug-likeness (QED) is 0.680. The van der Waals surface area contributed by atoms with Crippen molar-refractivity contribution in [1.29, 1.82) is 0 Å². The maximum absolute atomic E-state index is 11.8. The van der Waals surface area contributed by atoms with Gasteiger partial charge in [-0.05, 0) is 29.8 Å². The van der Waals surface area contributed by atoms with Crippen LogP contribution in [0.5, 0.6) is 5.75 Å². The SMILES string of the molecule is CC(=O)N(Oc1ccc(Cn2ccnc2)cc1)c1ccccn1. The third kappa shape index (κ3) is 3.74. The molecule has 0 fully saturated rings. The van der Waals surface area contributed by atoms with Crippen LogP contribution in [-0.4, -0.2) is 20.4 Å². The number of anilines is 1. The van der Waals surface area contributed by atoms with Crippen LogP contribution < -0.4 is 9.90 Å². The summed E-state index contributed by atoms with van der Waals surface area (Å²) >= 11 is 0. The topological polar surface area (TPSA) is 60.2 Å². The molecule has 0 saturated carbocycles. The largest absolute Gasteiger partial charge is 0.370 e. The Hall–Kier alpha value is -3.15. The maximum Gasteiger partial charge on any atom is 0.258 e. The molecule has 0 aliphatic rings. The van der Waals surface area contributed by atoms with E-state index in [2.05, 4.69) is 9.97 Å². The van der Waals surface area contributed by atoms with E-state index < -0.39 is 0 Å². The summed E-state index contributed by atoms with van der Waals surface area (Å²) in [5, 5.41) is 1.17. The second-order valence-electron chi connectivity index (χ2n) is 4.97. The molecule has 0 aliphatic heterocycles. The first-order chi connectivity index (χ1) is 11.2. The van der Waals surface area contributed by atoms with E-state index in [9.17, 15) is 4.79 Å². The second kappa shape index (κ2) is 6.74. The molecule has 3 rings (SSSR count). The van der Waals surface area contributed by atoms with Crippen molar-refractivity contribution >= 4 is 11.7 Å². The number of hydroxylamine groups is 1. The van der Waals surface area contributed by atoms with Crippen LogP contribution >= 0.6 is 0 Å². The molecule has 6 nitrogen and oxygen atoms in total. The van der Waals surface area contributed by atoms with E-state index >= 15 is 0 Å². The van der Waals surface area contributed by atoms with Crippen molar-refractivity contribution in [2.24, 2.45) is 0 Å². The highest BCUT2D eigenvalue weighted by molar-refractivity contribution is 5.88. The molecular weight excluding hydrogens is 292 g/mol. The summed E-state index contributed by atoms with van der Waals surface area (Å²) in [5.41, 5.74) is 1.11. The van der Waals surface area contributed by atoms with Gasteiger partial charge >= 0.3 is 0 Å². The summed E-state index contributed by atoms with van der Waals surface area (Å²) < 4.78 is 1.98. The fourth-order valence-electron chi connectivity index (χ4n) is 2.10. The highest BCUT2D eigenvalue weighted by Crippen LogP contribution is 2.18. The van der Waals surface area contributed by atoms with Gasteiger partial charge in [0.2, 0.25) is 0 Å². The van der Waals surface area contributed by atoms with Gasteiger partial charge in [-0.3, -0.25) is 4.79 Å². The number of imidazole rings is 1. The number of rotatable bonds is 5. The van der Waals surface area contributed by atoms with E-state index in [1.165, 1.54) is 12.0 Å². The van der Waals surface area contributed by atoms with E-state index in [0.29, 0.717) is 11.6 Å².